The first-order valence-corrected chi connectivity index (χ1v) is 11.4. The molecule has 0 aliphatic carbocycles. The summed E-state index contributed by atoms with van der Waals surface area (Å²) >= 11 is 0. The summed E-state index contributed by atoms with van der Waals surface area (Å²) in [5.74, 6) is -1.56. The van der Waals surface area contributed by atoms with E-state index in [1.807, 2.05) is 0 Å². The van der Waals surface area contributed by atoms with Gasteiger partial charge in [0.2, 0.25) is 5.56 Å². The molecule has 6 nitrogen and oxygen atoms in total. The van der Waals surface area contributed by atoms with Crippen LogP contribution in [-0.2, 0) is 6.18 Å². The first-order chi connectivity index (χ1) is 18.2. The zero-order chi connectivity index (χ0) is 28.9. The number of alkyl halides is 3. The predicted molar refractivity (Wildman–Crippen MR) is 135 cm³/mol. The van der Waals surface area contributed by atoms with E-state index in [1.165, 1.54) is 36.4 Å². The molecule has 0 aliphatic heterocycles. The van der Waals surface area contributed by atoms with Crippen LogP contribution in [0.2, 0.25) is 0 Å². The van der Waals surface area contributed by atoms with Crippen molar-refractivity contribution >= 4 is 11.6 Å². The minimum atomic E-state index is -4.68. The number of halogens is 5. The number of rotatable bonds is 4. The van der Waals surface area contributed by atoms with E-state index >= 15 is 0 Å². The number of aryl methyl sites for hydroxylation is 3. The molecule has 0 saturated heterocycles. The number of carbonyl (C=O) groups excluding carboxylic acids is 1. The Morgan fingerprint density at radius 1 is 0.846 bits per heavy atom. The van der Waals surface area contributed by atoms with Crippen LogP contribution in [-0.4, -0.2) is 16.0 Å². The summed E-state index contributed by atoms with van der Waals surface area (Å²) in [4.78, 5) is 26.8. The first kappa shape index (κ1) is 28.9. The molecule has 39 heavy (non-hydrogen) atoms. The molecule has 11 heteroatoms. The van der Waals surface area contributed by atoms with Gasteiger partial charge in [0.1, 0.15) is 28.9 Å². The SMILES string of the molecule is Cc1cc(F)ccc1O.Cc1cc(NC(=O)c2cc(C(F)(F)F)ccc2Oc2ccc(F)cc2C)cc(=O)[nH]1. The molecule has 0 saturated carbocycles. The van der Waals surface area contributed by atoms with E-state index in [0.717, 1.165) is 24.3 Å². The summed E-state index contributed by atoms with van der Waals surface area (Å²) in [6, 6.07) is 12.5. The number of aromatic hydroxyl groups is 1. The van der Waals surface area contributed by atoms with Crippen LogP contribution in [0.1, 0.15) is 32.7 Å². The van der Waals surface area contributed by atoms with E-state index in [2.05, 4.69) is 10.3 Å². The number of anilines is 1. The fourth-order valence-electron chi connectivity index (χ4n) is 3.39. The average molecular weight is 546 g/mol. The molecular weight excluding hydrogens is 523 g/mol. The number of hydrogen-bond donors (Lipinski definition) is 3. The largest absolute Gasteiger partial charge is 0.508 e. The van der Waals surface area contributed by atoms with Crippen LogP contribution in [0.3, 0.4) is 0 Å². The summed E-state index contributed by atoms with van der Waals surface area (Å²) in [5, 5.41) is 11.3. The number of aromatic nitrogens is 1. The molecule has 0 unspecified atom stereocenters. The van der Waals surface area contributed by atoms with Gasteiger partial charge in [-0.1, -0.05) is 0 Å². The Balaban J connectivity index is 0.000000395. The van der Waals surface area contributed by atoms with Crippen LogP contribution in [0.5, 0.6) is 17.2 Å². The van der Waals surface area contributed by atoms with Crippen LogP contribution in [0.25, 0.3) is 0 Å². The van der Waals surface area contributed by atoms with Gasteiger partial charge in [0, 0.05) is 17.4 Å². The monoisotopic (exact) mass is 546 g/mol. The van der Waals surface area contributed by atoms with Gasteiger partial charge in [-0.3, -0.25) is 9.59 Å². The molecule has 3 aromatic carbocycles. The molecule has 4 aromatic rings. The maximum atomic E-state index is 13.3. The zero-order valence-electron chi connectivity index (χ0n) is 20.9. The third-order valence-electron chi connectivity index (χ3n) is 5.30. The number of ether oxygens (including phenoxy) is 1. The second-order valence-corrected chi connectivity index (χ2v) is 8.52. The molecular formula is C28H23F5N2O4. The van der Waals surface area contributed by atoms with Gasteiger partial charge in [-0.15, -0.1) is 0 Å². The van der Waals surface area contributed by atoms with E-state index < -0.39 is 34.6 Å². The highest BCUT2D eigenvalue weighted by Crippen LogP contribution is 2.35. The third-order valence-corrected chi connectivity index (χ3v) is 5.30. The van der Waals surface area contributed by atoms with Crippen molar-refractivity contribution in [3.8, 4) is 17.2 Å². The van der Waals surface area contributed by atoms with Gasteiger partial charge in [-0.05, 0) is 92.6 Å². The minimum Gasteiger partial charge on any atom is -0.508 e. The number of H-pyrrole nitrogens is 1. The molecule has 0 radical (unpaired) electrons. The van der Waals surface area contributed by atoms with Crippen LogP contribution >= 0.6 is 0 Å². The van der Waals surface area contributed by atoms with Gasteiger partial charge in [0.15, 0.2) is 0 Å². The maximum Gasteiger partial charge on any atom is 0.416 e. The molecule has 0 atom stereocenters. The number of phenols is 1. The number of aromatic amines is 1. The minimum absolute atomic E-state index is 0.113. The van der Waals surface area contributed by atoms with Gasteiger partial charge >= 0.3 is 6.18 Å². The van der Waals surface area contributed by atoms with E-state index in [0.29, 0.717) is 22.9 Å². The standard InChI is InChI=1S/C21H16F4N2O3.C7H7FO/c1-11-7-14(22)4-6-17(11)30-18-5-3-13(21(23,24)25)9-16(18)20(29)27-15-8-12(2)26-19(28)10-15;1-5-4-6(8)2-3-7(5)9/h3-10H,1-2H3,(H2,26,27,28,29);2-4,9H,1H3. The Morgan fingerprint density at radius 2 is 1.46 bits per heavy atom. The third kappa shape index (κ3) is 7.91. The topological polar surface area (TPSA) is 91.4 Å². The predicted octanol–water partition coefficient (Wildman–Crippen LogP) is 7.03. The van der Waals surface area contributed by atoms with Crippen molar-refractivity contribution in [1.29, 1.82) is 0 Å². The molecule has 1 aromatic heterocycles. The van der Waals surface area contributed by atoms with Crippen molar-refractivity contribution in [2.75, 3.05) is 5.32 Å². The highest BCUT2D eigenvalue weighted by molar-refractivity contribution is 6.06. The number of carbonyl (C=O) groups is 1. The van der Waals surface area contributed by atoms with Crippen LogP contribution in [0.4, 0.5) is 27.6 Å². The Bertz CT molecular complexity index is 1560. The van der Waals surface area contributed by atoms with Gasteiger partial charge in [-0.25, -0.2) is 8.78 Å². The van der Waals surface area contributed by atoms with Crippen molar-refractivity contribution in [3.63, 3.8) is 0 Å². The molecule has 4 rings (SSSR count). The molecule has 1 amide bonds. The Labute approximate surface area is 219 Å². The zero-order valence-corrected chi connectivity index (χ0v) is 20.9. The normalized spacial score (nSPS) is 10.9. The van der Waals surface area contributed by atoms with Crippen molar-refractivity contribution in [2.45, 2.75) is 26.9 Å². The summed E-state index contributed by atoms with van der Waals surface area (Å²) < 4.78 is 70.7. The van der Waals surface area contributed by atoms with Crippen molar-refractivity contribution in [2.24, 2.45) is 0 Å². The van der Waals surface area contributed by atoms with Gasteiger partial charge in [0.25, 0.3) is 5.91 Å². The number of nitrogens with one attached hydrogen (secondary N) is 2. The van der Waals surface area contributed by atoms with E-state index in [9.17, 15) is 31.5 Å². The van der Waals surface area contributed by atoms with Crippen LogP contribution < -0.4 is 15.6 Å². The summed E-state index contributed by atoms with van der Waals surface area (Å²) in [5.41, 5.74) is -0.388. The van der Waals surface area contributed by atoms with E-state index in [4.69, 9.17) is 9.84 Å². The second-order valence-electron chi connectivity index (χ2n) is 8.52. The number of hydrogen-bond acceptors (Lipinski definition) is 4. The van der Waals surface area contributed by atoms with Crippen molar-refractivity contribution in [1.82, 2.24) is 4.98 Å². The van der Waals surface area contributed by atoms with Gasteiger partial charge in [-0.2, -0.15) is 13.2 Å². The Kier molecular flexibility index (Phi) is 8.74. The quantitative estimate of drug-likeness (QED) is 0.240. The van der Waals surface area contributed by atoms with Crippen molar-refractivity contribution < 1.29 is 36.6 Å². The van der Waals surface area contributed by atoms with Gasteiger partial charge in [0.05, 0.1) is 11.1 Å². The van der Waals surface area contributed by atoms with Crippen LogP contribution in [0, 0.1) is 32.4 Å². The lowest BCUT2D eigenvalue weighted by Gasteiger charge is -2.15. The summed E-state index contributed by atoms with van der Waals surface area (Å²) in [6.07, 6.45) is -4.68. The lowest BCUT2D eigenvalue weighted by molar-refractivity contribution is -0.137. The second kappa shape index (κ2) is 11.8. The molecule has 0 fully saturated rings. The van der Waals surface area contributed by atoms with E-state index in [1.54, 1.807) is 20.8 Å². The fraction of sp³-hybridized carbons (Fsp3) is 0.143. The number of pyridine rings is 1. The van der Waals surface area contributed by atoms with Crippen molar-refractivity contribution in [3.05, 3.63) is 117 Å². The smallest absolute Gasteiger partial charge is 0.416 e. The number of benzene rings is 3. The molecule has 204 valence electrons. The van der Waals surface area contributed by atoms with Gasteiger partial charge < -0.3 is 20.1 Å². The summed E-state index contributed by atoms with van der Waals surface area (Å²) in [6.45, 7) is 4.80. The average Bonchev–Trinajstić information content (AvgIpc) is 2.82. The highest BCUT2D eigenvalue weighted by Gasteiger charge is 2.32. The molecule has 0 bridgehead atoms. The number of phenolic OH excluding ortho intramolecular Hbond substituents is 1. The Hall–Kier alpha value is -4.67. The molecule has 1 heterocycles. The summed E-state index contributed by atoms with van der Waals surface area (Å²) in [7, 11) is 0. The van der Waals surface area contributed by atoms with E-state index in [-0.39, 0.29) is 28.8 Å². The first-order valence-electron chi connectivity index (χ1n) is 11.4. The molecule has 3 N–H and O–H groups in total. The maximum absolute atomic E-state index is 13.3. The lowest BCUT2D eigenvalue weighted by Crippen LogP contribution is -2.17. The fourth-order valence-corrected chi connectivity index (χ4v) is 3.39. The lowest BCUT2D eigenvalue weighted by atomic mass is 10.1. The van der Waals surface area contributed by atoms with Crippen LogP contribution in [0.15, 0.2) is 71.5 Å². The number of amides is 1. The molecule has 0 aliphatic rings. The Morgan fingerprint density at radius 3 is 2.03 bits per heavy atom. The molecule has 0 spiro atoms. The highest BCUT2D eigenvalue weighted by atomic mass is 19.4.